The summed E-state index contributed by atoms with van der Waals surface area (Å²) in [6.07, 6.45) is 0. The van der Waals surface area contributed by atoms with Crippen LogP contribution in [0, 0.1) is 0 Å². The number of esters is 2. The van der Waals surface area contributed by atoms with E-state index in [4.69, 9.17) is 18.9 Å². The highest BCUT2D eigenvalue weighted by Crippen LogP contribution is 2.65. The lowest BCUT2D eigenvalue weighted by Crippen LogP contribution is -2.30. The van der Waals surface area contributed by atoms with Crippen molar-refractivity contribution in [2.75, 3.05) is 14.2 Å². The summed E-state index contributed by atoms with van der Waals surface area (Å²) < 4.78 is 24.0. The highest BCUT2D eigenvalue weighted by Gasteiger charge is 2.49. The molecule has 6 heteroatoms. The van der Waals surface area contributed by atoms with Crippen LogP contribution in [0.15, 0.2) is 72.8 Å². The van der Waals surface area contributed by atoms with Crippen molar-refractivity contribution in [3.8, 4) is 23.0 Å². The molecular weight excluding hydrogens is 504 g/mol. The van der Waals surface area contributed by atoms with Gasteiger partial charge in [0.2, 0.25) is 0 Å². The summed E-state index contributed by atoms with van der Waals surface area (Å²) in [6, 6.07) is 24.0. The summed E-state index contributed by atoms with van der Waals surface area (Å²) in [6.45, 7) is 2.82. The average molecular weight is 531 g/mol. The molecule has 0 saturated carbocycles. The molecule has 40 heavy (non-hydrogen) atoms. The second kappa shape index (κ2) is 8.85. The maximum Gasteiger partial charge on any atom is 0.308 e. The highest BCUT2D eigenvalue weighted by molar-refractivity contribution is 6.07. The van der Waals surface area contributed by atoms with E-state index in [-0.39, 0.29) is 11.8 Å². The maximum atomic E-state index is 12.6. The normalized spacial score (nSPS) is 16.2. The molecular formula is C34H26O6. The minimum absolute atomic E-state index is 0.351. The van der Waals surface area contributed by atoms with Crippen LogP contribution < -0.4 is 18.9 Å². The van der Waals surface area contributed by atoms with Crippen molar-refractivity contribution in [1.29, 1.82) is 0 Å². The molecule has 0 amide bonds. The van der Waals surface area contributed by atoms with E-state index in [0.717, 1.165) is 44.2 Å². The quantitative estimate of drug-likeness (QED) is 0.141. The third kappa shape index (κ3) is 3.29. The Kier molecular flexibility index (Phi) is 5.36. The van der Waals surface area contributed by atoms with Crippen molar-refractivity contribution < 1.29 is 28.5 Å². The van der Waals surface area contributed by atoms with Crippen LogP contribution in [0.3, 0.4) is 0 Å². The van der Waals surface area contributed by atoms with Crippen LogP contribution in [0.5, 0.6) is 23.0 Å². The number of ether oxygens (including phenoxy) is 4. The van der Waals surface area contributed by atoms with Gasteiger partial charge in [-0.15, -0.1) is 0 Å². The monoisotopic (exact) mass is 530 g/mol. The van der Waals surface area contributed by atoms with Gasteiger partial charge in [0.25, 0.3) is 0 Å². The van der Waals surface area contributed by atoms with Crippen LogP contribution in [0.4, 0.5) is 0 Å². The van der Waals surface area contributed by atoms with Gasteiger partial charge in [-0.2, -0.15) is 0 Å². The Morgan fingerprint density at radius 3 is 1.35 bits per heavy atom. The number of carbonyl (C=O) groups is 2. The van der Waals surface area contributed by atoms with Gasteiger partial charge in [-0.25, -0.2) is 0 Å². The second-order valence-electron chi connectivity index (χ2n) is 10.2. The molecule has 0 saturated heterocycles. The topological polar surface area (TPSA) is 71.1 Å². The predicted molar refractivity (Wildman–Crippen MR) is 152 cm³/mol. The maximum absolute atomic E-state index is 12.6. The summed E-state index contributed by atoms with van der Waals surface area (Å²) in [7, 11) is 3.31. The standard InChI is InChI=1S/C34H26O6/c1-17(35)39-33-23-15-19-9-5-6-10-20(19)16-24(23)34(40-18(2)36)32-28-22-12-8-7-11-21(22)27(31(32)33)29-25(37-3)13-14-26(38-4)30(28)29/h5-16,27-28H,1-4H3. The summed E-state index contributed by atoms with van der Waals surface area (Å²) in [5, 5.41) is 3.38. The van der Waals surface area contributed by atoms with Gasteiger partial charge in [0.1, 0.15) is 23.0 Å². The molecule has 2 unspecified atom stereocenters. The molecule has 6 nitrogen and oxygen atoms in total. The zero-order valence-corrected chi connectivity index (χ0v) is 22.5. The number of benzene rings is 5. The number of methoxy groups -OCH3 is 2. The van der Waals surface area contributed by atoms with Gasteiger partial charge in [-0.3, -0.25) is 9.59 Å². The molecule has 0 fully saturated rings. The minimum atomic E-state index is -0.426. The molecule has 5 aromatic rings. The fraction of sp³-hybridized carbons (Fsp3) is 0.176. The SMILES string of the molecule is COc1ccc(OC)c2c1C1c3ccccc3C2c2c1c(OC(C)=O)c1cc3ccccc3cc1c2OC(C)=O. The summed E-state index contributed by atoms with van der Waals surface area (Å²) >= 11 is 0. The number of rotatable bonds is 4. The Labute approximate surface area is 231 Å². The van der Waals surface area contributed by atoms with Crippen LogP contribution in [0.1, 0.15) is 59.1 Å². The van der Waals surface area contributed by atoms with E-state index in [1.165, 1.54) is 13.8 Å². The fourth-order valence-electron chi connectivity index (χ4n) is 6.73. The van der Waals surface area contributed by atoms with Crippen molar-refractivity contribution >= 4 is 33.5 Å². The first kappa shape index (κ1) is 24.2. The largest absolute Gasteiger partial charge is 0.496 e. The molecule has 0 N–H and O–H groups in total. The number of hydrogen-bond donors (Lipinski definition) is 0. The van der Waals surface area contributed by atoms with E-state index in [0.29, 0.717) is 33.8 Å². The molecule has 0 heterocycles. The van der Waals surface area contributed by atoms with Gasteiger partial charge in [0, 0.05) is 58.7 Å². The van der Waals surface area contributed by atoms with Gasteiger partial charge >= 0.3 is 11.9 Å². The Bertz CT molecular complexity index is 1770. The molecule has 3 aliphatic rings. The summed E-state index contributed by atoms with van der Waals surface area (Å²) in [4.78, 5) is 25.3. The zero-order valence-electron chi connectivity index (χ0n) is 22.5. The number of hydrogen-bond acceptors (Lipinski definition) is 6. The molecule has 2 atom stereocenters. The molecule has 0 aliphatic heterocycles. The van der Waals surface area contributed by atoms with Gasteiger partial charge in [-0.1, -0.05) is 48.5 Å². The van der Waals surface area contributed by atoms with E-state index >= 15 is 0 Å². The van der Waals surface area contributed by atoms with Crippen molar-refractivity contribution in [2.24, 2.45) is 0 Å². The van der Waals surface area contributed by atoms with Crippen LogP contribution in [-0.2, 0) is 9.59 Å². The Hall–Kier alpha value is -4.84. The second-order valence-corrected chi connectivity index (χ2v) is 10.2. The first-order valence-electron chi connectivity index (χ1n) is 13.2. The van der Waals surface area contributed by atoms with Crippen molar-refractivity contribution in [2.45, 2.75) is 25.7 Å². The molecule has 3 aliphatic carbocycles. The molecule has 8 rings (SSSR count). The van der Waals surface area contributed by atoms with Crippen molar-refractivity contribution in [3.05, 3.63) is 106 Å². The van der Waals surface area contributed by atoms with Crippen LogP contribution >= 0.6 is 0 Å². The van der Waals surface area contributed by atoms with Gasteiger partial charge < -0.3 is 18.9 Å². The number of fused-ring (bicyclic) bond motifs is 2. The lowest BCUT2D eigenvalue weighted by molar-refractivity contribution is -0.133. The first-order valence-corrected chi connectivity index (χ1v) is 13.2. The van der Waals surface area contributed by atoms with E-state index in [2.05, 4.69) is 12.1 Å². The average Bonchev–Trinajstić information content (AvgIpc) is 2.96. The van der Waals surface area contributed by atoms with Gasteiger partial charge in [-0.05, 0) is 46.2 Å². The van der Waals surface area contributed by atoms with Gasteiger partial charge in [0.05, 0.1) is 14.2 Å². The first-order chi connectivity index (χ1) is 19.4. The van der Waals surface area contributed by atoms with E-state index in [9.17, 15) is 9.59 Å². The molecule has 0 spiro atoms. The molecule has 2 bridgehead atoms. The lowest BCUT2D eigenvalue weighted by Gasteiger charge is -2.44. The highest BCUT2D eigenvalue weighted by atomic mass is 16.5. The van der Waals surface area contributed by atoms with Crippen LogP contribution in [0.25, 0.3) is 21.5 Å². The minimum Gasteiger partial charge on any atom is -0.496 e. The predicted octanol–water partition coefficient (Wildman–Crippen LogP) is 6.85. The Morgan fingerprint density at radius 2 is 0.975 bits per heavy atom. The fourth-order valence-corrected chi connectivity index (χ4v) is 6.73. The van der Waals surface area contributed by atoms with E-state index in [1.54, 1.807) is 14.2 Å². The van der Waals surface area contributed by atoms with E-state index in [1.807, 2.05) is 60.7 Å². The smallest absolute Gasteiger partial charge is 0.308 e. The van der Waals surface area contributed by atoms with Crippen molar-refractivity contribution in [1.82, 2.24) is 0 Å². The zero-order chi connectivity index (χ0) is 27.7. The summed E-state index contributed by atoms with van der Waals surface area (Å²) in [5.41, 5.74) is 5.69. The third-order valence-electron chi connectivity index (χ3n) is 8.07. The third-order valence-corrected chi connectivity index (χ3v) is 8.07. The molecule has 198 valence electrons. The lowest BCUT2D eigenvalue weighted by atomic mass is 9.59. The summed E-state index contributed by atoms with van der Waals surface area (Å²) in [5.74, 6) is 0.818. The molecule has 5 aromatic carbocycles. The Morgan fingerprint density at radius 1 is 0.575 bits per heavy atom. The van der Waals surface area contributed by atoms with Crippen LogP contribution in [-0.4, -0.2) is 26.2 Å². The molecule has 0 aromatic heterocycles. The Balaban J connectivity index is 1.72. The van der Waals surface area contributed by atoms with Crippen LogP contribution in [0.2, 0.25) is 0 Å². The number of carbonyl (C=O) groups excluding carboxylic acids is 2. The van der Waals surface area contributed by atoms with Gasteiger partial charge in [0.15, 0.2) is 0 Å². The molecule has 0 radical (unpaired) electrons. The van der Waals surface area contributed by atoms with E-state index < -0.39 is 11.9 Å². The van der Waals surface area contributed by atoms with Crippen molar-refractivity contribution in [3.63, 3.8) is 0 Å².